The molecule has 106 valence electrons. The molecule has 19 heavy (non-hydrogen) atoms. The summed E-state index contributed by atoms with van der Waals surface area (Å²) in [5.41, 5.74) is 0.741. The van der Waals surface area contributed by atoms with Crippen molar-refractivity contribution in [1.82, 2.24) is 10.2 Å². The Morgan fingerprint density at radius 3 is 2.42 bits per heavy atom. The lowest BCUT2D eigenvalue weighted by molar-refractivity contribution is 0.250. The zero-order valence-electron chi connectivity index (χ0n) is 11.6. The lowest BCUT2D eigenvalue weighted by atomic mass is 10.3. The summed E-state index contributed by atoms with van der Waals surface area (Å²) in [6, 6.07) is 6.87. The summed E-state index contributed by atoms with van der Waals surface area (Å²) in [5, 5.41) is 6.26. The van der Waals surface area contributed by atoms with E-state index < -0.39 is 0 Å². The maximum atomic E-state index is 11.6. The molecular formula is C14H22ClN3O. The molecule has 2 amide bonds. The third kappa shape index (κ3) is 6.45. The molecule has 0 aliphatic rings. The fraction of sp³-hybridized carbons (Fsp3) is 0.500. The summed E-state index contributed by atoms with van der Waals surface area (Å²) in [4.78, 5) is 13.9. The molecule has 0 fully saturated rings. The van der Waals surface area contributed by atoms with Crippen LogP contribution in [0, 0.1) is 0 Å². The monoisotopic (exact) mass is 283 g/mol. The third-order valence-corrected chi connectivity index (χ3v) is 3.19. The number of amides is 2. The molecule has 2 N–H and O–H groups in total. The molecule has 0 spiro atoms. The van der Waals surface area contributed by atoms with Crippen molar-refractivity contribution in [3.05, 3.63) is 29.3 Å². The van der Waals surface area contributed by atoms with Crippen LogP contribution in [0.25, 0.3) is 0 Å². The Bertz CT molecular complexity index is 377. The van der Waals surface area contributed by atoms with Gasteiger partial charge in [-0.3, -0.25) is 0 Å². The molecule has 5 heteroatoms. The van der Waals surface area contributed by atoms with Gasteiger partial charge in [0.25, 0.3) is 0 Å². The van der Waals surface area contributed by atoms with E-state index in [9.17, 15) is 4.79 Å². The molecule has 0 aromatic heterocycles. The fourth-order valence-corrected chi connectivity index (χ4v) is 1.88. The first-order valence-corrected chi connectivity index (χ1v) is 7.06. The van der Waals surface area contributed by atoms with Gasteiger partial charge in [-0.2, -0.15) is 0 Å². The average Bonchev–Trinajstić information content (AvgIpc) is 2.42. The minimum Gasteiger partial charge on any atom is -0.338 e. The van der Waals surface area contributed by atoms with Crippen molar-refractivity contribution in [1.29, 1.82) is 0 Å². The van der Waals surface area contributed by atoms with Crippen LogP contribution in [0.2, 0.25) is 5.02 Å². The van der Waals surface area contributed by atoms with E-state index in [1.54, 1.807) is 24.3 Å². The summed E-state index contributed by atoms with van der Waals surface area (Å²) < 4.78 is 0. The maximum absolute atomic E-state index is 11.6. The van der Waals surface area contributed by atoms with Crippen LogP contribution in [0.1, 0.15) is 20.3 Å². The molecule has 0 atom stereocenters. The van der Waals surface area contributed by atoms with Gasteiger partial charge in [-0.15, -0.1) is 0 Å². The van der Waals surface area contributed by atoms with E-state index in [2.05, 4.69) is 29.4 Å². The lowest BCUT2D eigenvalue weighted by Crippen LogP contribution is -2.32. The van der Waals surface area contributed by atoms with Gasteiger partial charge in [0, 0.05) is 17.3 Å². The van der Waals surface area contributed by atoms with Crippen LogP contribution >= 0.6 is 11.6 Å². The summed E-state index contributed by atoms with van der Waals surface area (Å²) in [6.07, 6.45) is 0.954. The number of nitrogens with zero attached hydrogens (tertiary/aromatic N) is 1. The Labute approximate surface area is 120 Å². The Morgan fingerprint density at radius 2 is 1.84 bits per heavy atom. The fourth-order valence-electron chi connectivity index (χ4n) is 1.75. The predicted octanol–water partition coefficient (Wildman–Crippen LogP) is 3.19. The second kappa shape index (κ2) is 8.77. The smallest absolute Gasteiger partial charge is 0.319 e. The highest BCUT2D eigenvalue weighted by atomic mass is 35.5. The van der Waals surface area contributed by atoms with E-state index in [0.29, 0.717) is 11.6 Å². The molecule has 0 aliphatic carbocycles. The SMILES string of the molecule is CCN(CC)CCCNC(=O)Nc1ccc(Cl)cc1. The number of carbonyl (C=O) groups is 1. The summed E-state index contributed by atoms with van der Waals surface area (Å²) in [7, 11) is 0. The number of hydrogen-bond acceptors (Lipinski definition) is 2. The van der Waals surface area contributed by atoms with Crippen LogP contribution in [-0.2, 0) is 0 Å². The highest BCUT2D eigenvalue weighted by Gasteiger charge is 2.02. The number of benzene rings is 1. The number of rotatable bonds is 7. The van der Waals surface area contributed by atoms with Crippen LogP contribution in [0.5, 0.6) is 0 Å². The van der Waals surface area contributed by atoms with Crippen molar-refractivity contribution in [3.63, 3.8) is 0 Å². The second-order valence-electron chi connectivity index (χ2n) is 4.27. The first-order chi connectivity index (χ1) is 9.15. The molecule has 0 unspecified atom stereocenters. The average molecular weight is 284 g/mol. The molecule has 4 nitrogen and oxygen atoms in total. The minimum atomic E-state index is -0.179. The van der Waals surface area contributed by atoms with Crippen molar-refractivity contribution in [3.8, 4) is 0 Å². The molecule has 1 aromatic rings. The van der Waals surface area contributed by atoms with Crippen LogP contribution in [0.4, 0.5) is 10.5 Å². The Kier molecular flexibility index (Phi) is 7.30. The second-order valence-corrected chi connectivity index (χ2v) is 4.70. The molecule has 0 saturated heterocycles. The van der Waals surface area contributed by atoms with Crippen LogP contribution in [0.15, 0.2) is 24.3 Å². The standard InChI is InChI=1S/C14H22ClN3O/c1-3-18(4-2)11-5-10-16-14(19)17-13-8-6-12(15)7-9-13/h6-9H,3-5,10-11H2,1-2H3,(H2,16,17,19). The first kappa shape index (κ1) is 15.8. The van der Waals surface area contributed by atoms with Crippen molar-refractivity contribution in [2.75, 3.05) is 31.5 Å². The van der Waals surface area contributed by atoms with Crippen molar-refractivity contribution in [2.45, 2.75) is 20.3 Å². The normalized spacial score (nSPS) is 10.5. The molecule has 1 rings (SSSR count). The number of urea groups is 1. The highest BCUT2D eigenvalue weighted by Crippen LogP contribution is 2.12. The van der Waals surface area contributed by atoms with Gasteiger partial charge >= 0.3 is 6.03 Å². The molecule has 0 aliphatic heterocycles. The van der Waals surface area contributed by atoms with Gasteiger partial charge in [-0.25, -0.2) is 4.79 Å². The zero-order valence-corrected chi connectivity index (χ0v) is 12.3. The number of anilines is 1. The number of carbonyl (C=O) groups excluding carboxylic acids is 1. The predicted molar refractivity (Wildman–Crippen MR) is 80.9 cm³/mol. The highest BCUT2D eigenvalue weighted by molar-refractivity contribution is 6.30. The van der Waals surface area contributed by atoms with Crippen molar-refractivity contribution >= 4 is 23.3 Å². The largest absolute Gasteiger partial charge is 0.338 e. The molecule has 0 bridgehead atoms. The van der Waals surface area contributed by atoms with Gasteiger partial charge in [-0.1, -0.05) is 25.4 Å². The molecule has 1 aromatic carbocycles. The van der Waals surface area contributed by atoms with Gasteiger partial charge in [0.15, 0.2) is 0 Å². The topological polar surface area (TPSA) is 44.4 Å². The van der Waals surface area contributed by atoms with E-state index >= 15 is 0 Å². The first-order valence-electron chi connectivity index (χ1n) is 6.68. The Morgan fingerprint density at radius 1 is 1.21 bits per heavy atom. The Balaban J connectivity index is 2.19. The lowest BCUT2D eigenvalue weighted by Gasteiger charge is -2.17. The zero-order chi connectivity index (χ0) is 14.1. The van der Waals surface area contributed by atoms with E-state index in [4.69, 9.17) is 11.6 Å². The number of halogens is 1. The van der Waals surface area contributed by atoms with Gasteiger partial charge < -0.3 is 15.5 Å². The third-order valence-electron chi connectivity index (χ3n) is 2.93. The number of hydrogen-bond donors (Lipinski definition) is 2. The summed E-state index contributed by atoms with van der Waals surface area (Å²) >= 11 is 5.77. The van der Waals surface area contributed by atoms with E-state index in [1.807, 2.05) is 0 Å². The molecule has 0 saturated carbocycles. The van der Waals surface area contributed by atoms with Crippen LogP contribution in [-0.4, -0.2) is 37.1 Å². The molecule has 0 radical (unpaired) electrons. The van der Waals surface area contributed by atoms with Gasteiger partial charge in [0.1, 0.15) is 0 Å². The van der Waals surface area contributed by atoms with Gasteiger partial charge in [0.05, 0.1) is 0 Å². The van der Waals surface area contributed by atoms with Gasteiger partial charge in [0.2, 0.25) is 0 Å². The van der Waals surface area contributed by atoms with Crippen LogP contribution in [0.3, 0.4) is 0 Å². The van der Waals surface area contributed by atoms with E-state index in [1.165, 1.54) is 0 Å². The minimum absolute atomic E-state index is 0.179. The quantitative estimate of drug-likeness (QED) is 0.755. The molecule has 0 heterocycles. The summed E-state index contributed by atoms with van der Waals surface area (Å²) in [6.45, 7) is 8.07. The van der Waals surface area contributed by atoms with E-state index in [0.717, 1.165) is 31.7 Å². The number of nitrogens with one attached hydrogen (secondary N) is 2. The summed E-state index contributed by atoms with van der Waals surface area (Å²) in [5.74, 6) is 0. The van der Waals surface area contributed by atoms with Crippen molar-refractivity contribution in [2.24, 2.45) is 0 Å². The van der Waals surface area contributed by atoms with Crippen molar-refractivity contribution < 1.29 is 4.79 Å². The van der Waals surface area contributed by atoms with Gasteiger partial charge in [-0.05, 0) is 50.3 Å². The van der Waals surface area contributed by atoms with Crippen LogP contribution < -0.4 is 10.6 Å². The van der Waals surface area contributed by atoms with E-state index in [-0.39, 0.29) is 6.03 Å². The Hall–Kier alpha value is -1.26. The molecular weight excluding hydrogens is 262 g/mol. The maximum Gasteiger partial charge on any atom is 0.319 e.